The van der Waals surface area contributed by atoms with Crippen LogP contribution in [0.1, 0.15) is 5.56 Å². The average Bonchev–Trinajstić information content (AvgIpc) is 2.33. The first-order valence-electron chi connectivity index (χ1n) is 5.28. The van der Waals surface area contributed by atoms with Gasteiger partial charge in [-0.05, 0) is 39.8 Å². The predicted octanol–water partition coefficient (Wildman–Crippen LogP) is 2.73. The SMILES string of the molecule is NC1(F)C(I)=CC(c2ccccc2)=CC1C(=O)O. The Morgan fingerprint density at radius 1 is 1.39 bits per heavy atom. The fraction of sp³-hybridized carbons (Fsp3) is 0.154. The summed E-state index contributed by atoms with van der Waals surface area (Å²) in [6.07, 6.45) is 2.94. The second-order valence-corrected chi connectivity index (χ2v) is 5.23. The summed E-state index contributed by atoms with van der Waals surface area (Å²) in [5.74, 6) is -4.98. The molecule has 0 saturated heterocycles. The van der Waals surface area contributed by atoms with E-state index in [1.165, 1.54) is 6.08 Å². The van der Waals surface area contributed by atoms with Crippen molar-refractivity contribution in [1.29, 1.82) is 0 Å². The maximum atomic E-state index is 14.1. The van der Waals surface area contributed by atoms with Crippen molar-refractivity contribution in [2.75, 3.05) is 0 Å². The number of nitrogens with two attached hydrogens (primary N) is 1. The third-order valence-corrected chi connectivity index (χ3v) is 3.96. The molecular weight excluding hydrogens is 348 g/mol. The molecule has 1 aliphatic rings. The van der Waals surface area contributed by atoms with Gasteiger partial charge in [-0.1, -0.05) is 36.4 Å². The largest absolute Gasteiger partial charge is 0.481 e. The van der Waals surface area contributed by atoms with Crippen LogP contribution in [0.2, 0.25) is 0 Å². The molecule has 0 saturated carbocycles. The van der Waals surface area contributed by atoms with Gasteiger partial charge in [-0.3, -0.25) is 10.5 Å². The summed E-state index contributed by atoms with van der Waals surface area (Å²) < 4.78 is 14.3. The van der Waals surface area contributed by atoms with Crippen LogP contribution in [-0.2, 0) is 4.79 Å². The zero-order valence-electron chi connectivity index (χ0n) is 9.31. The molecule has 2 unspecified atom stereocenters. The number of allylic oxidation sites excluding steroid dienone is 2. The molecule has 2 rings (SSSR count). The lowest BCUT2D eigenvalue weighted by atomic mass is 9.87. The van der Waals surface area contributed by atoms with Crippen LogP contribution >= 0.6 is 22.6 Å². The van der Waals surface area contributed by atoms with Gasteiger partial charge >= 0.3 is 5.97 Å². The lowest BCUT2D eigenvalue weighted by Gasteiger charge is -2.29. The van der Waals surface area contributed by atoms with E-state index in [-0.39, 0.29) is 3.58 Å². The topological polar surface area (TPSA) is 63.3 Å². The molecule has 0 spiro atoms. The summed E-state index contributed by atoms with van der Waals surface area (Å²) in [7, 11) is 0. The van der Waals surface area contributed by atoms with Crippen LogP contribution in [-0.4, -0.2) is 16.9 Å². The molecule has 5 heteroatoms. The lowest BCUT2D eigenvalue weighted by molar-refractivity contribution is -0.143. The quantitative estimate of drug-likeness (QED) is 0.631. The summed E-state index contributed by atoms with van der Waals surface area (Å²) >= 11 is 1.75. The van der Waals surface area contributed by atoms with E-state index in [1.54, 1.807) is 28.7 Å². The Morgan fingerprint density at radius 2 is 2.00 bits per heavy atom. The number of hydrogen-bond donors (Lipinski definition) is 2. The molecule has 0 radical (unpaired) electrons. The van der Waals surface area contributed by atoms with E-state index < -0.39 is 17.7 Å². The van der Waals surface area contributed by atoms with Gasteiger partial charge in [0, 0.05) is 3.58 Å². The van der Waals surface area contributed by atoms with E-state index >= 15 is 0 Å². The van der Waals surface area contributed by atoms with Crippen molar-refractivity contribution in [1.82, 2.24) is 0 Å². The molecule has 3 N–H and O–H groups in total. The fourth-order valence-electron chi connectivity index (χ4n) is 1.81. The van der Waals surface area contributed by atoms with Crippen molar-refractivity contribution in [2.45, 2.75) is 5.79 Å². The number of hydrogen-bond acceptors (Lipinski definition) is 2. The number of rotatable bonds is 2. The predicted molar refractivity (Wildman–Crippen MR) is 75.7 cm³/mol. The molecule has 1 aliphatic carbocycles. The molecule has 0 aliphatic heterocycles. The first-order valence-corrected chi connectivity index (χ1v) is 6.36. The molecule has 0 amide bonds. The van der Waals surface area contributed by atoms with Crippen LogP contribution < -0.4 is 5.73 Å². The number of carboxylic acids is 1. The first kappa shape index (κ1) is 13.2. The van der Waals surface area contributed by atoms with Crippen molar-refractivity contribution in [2.24, 2.45) is 11.7 Å². The lowest BCUT2D eigenvalue weighted by Crippen LogP contribution is -2.47. The average molecular weight is 359 g/mol. The second kappa shape index (κ2) is 4.81. The van der Waals surface area contributed by atoms with E-state index in [1.807, 2.05) is 30.3 Å². The van der Waals surface area contributed by atoms with Gasteiger partial charge in [0.25, 0.3) is 0 Å². The minimum absolute atomic E-state index is 0.189. The zero-order chi connectivity index (χ0) is 13.3. The van der Waals surface area contributed by atoms with Crippen LogP contribution in [0.4, 0.5) is 4.39 Å². The monoisotopic (exact) mass is 359 g/mol. The summed E-state index contributed by atoms with van der Waals surface area (Å²) in [5.41, 5.74) is 6.95. The van der Waals surface area contributed by atoms with Crippen molar-refractivity contribution >= 4 is 34.1 Å². The van der Waals surface area contributed by atoms with Gasteiger partial charge in [0.2, 0.25) is 5.79 Å². The van der Waals surface area contributed by atoms with Gasteiger partial charge in [0.1, 0.15) is 5.92 Å². The normalized spacial score (nSPS) is 27.4. The van der Waals surface area contributed by atoms with E-state index in [9.17, 15) is 9.18 Å². The van der Waals surface area contributed by atoms with E-state index in [2.05, 4.69) is 0 Å². The van der Waals surface area contributed by atoms with Crippen LogP contribution in [0.15, 0.2) is 46.1 Å². The highest BCUT2D eigenvalue weighted by Gasteiger charge is 2.44. The van der Waals surface area contributed by atoms with Crippen molar-refractivity contribution in [3.8, 4) is 0 Å². The van der Waals surface area contributed by atoms with Gasteiger partial charge < -0.3 is 5.11 Å². The molecule has 1 aromatic rings. The van der Waals surface area contributed by atoms with Crippen LogP contribution in [0, 0.1) is 5.92 Å². The maximum absolute atomic E-state index is 14.1. The summed E-state index contributed by atoms with van der Waals surface area (Å²) in [5, 5.41) is 9.06. The van der Waals surface area contributed by atoms with Crippen LogP contribution in [0.5, 0.6) is 0 Å². The number of halogens is 2. The zero-order valence-corrected chi connectivity index (χ0v) is 11.5. The first-order chi connectivity index (χ1) is 8.43. The Hall–Kier alpha value is -1.21. The third-order valence-electron chi connectivity index (χ3n) is 2.82. The fourth-order valence-corrected chi connectivity index (χ4v) is 2.48. The number of carbonyl (C=O) groups is 1. The molecule has 0 heterocycles. The molecule has 2 atom stereocenters. The molecule has 0 fully saturated rings. The Morgan fingerprint density at radius 3 is 2.56 bits per heavy atom. The molecule has 1 aromatic carbocycles. The van der Waals surface area contributed by atoms with Gasteiger partial charge in [-0.2, -0.15) is 0 Å². The van der Waals surface area contributed by atoms with Crippen LogP contribution in [0.3, 0.4) is 0 Å². The number of carboxylic acid groups (broad SMARTS) is 1. The molecule has 0 bridgehead atoms. The number of aliphatic carboxylic acids is 1. The smallest absolute Gasteiger partial charge is 0.315 e. The Bertz CT molecular complexity index is 537. The van der Waals surface area contributed by atoms with E-state index in [0.29, 0.717) is 5.57 Å². The minimum atomic E-state index is -2.34. The van der Waals surface area contributed by atoms with Crippen LogP contribution in [0.25, 0.3) is 5.57 Å². The standard InChI is InChI=1S/C13H11FINO2/c14-13(16)10(12(17)18)6-9(7-11(13)15)8-4-2-1-3-5-8/h1-7,10H,16H2,(H,17,18). The maximum Gasteiger partial charge on any atom is 0.315 e. The summed E-state index contributed by atoms with van der Waals surface area (Å²) in [4.78, 5) is 11.1. The van der Waals surface area contributed by atoms with Gasteiger partial charge in [-0.15, -0.1) is 0 Å². The number of alkyl halides is 1. The van der Waals surface area contributed by atoms with Gasteiger partial charge in [-0.25, -0.2) is 4.39 Å². The highest BCUT2D eigenvalue weighted by Crippen LogP contribution is 2.39. The highest BCUT2D eigenvalue weighted by molar-refractivity contribution is 14.1. The molecule has 94 valence electrons. The molecular formula is C13H11FINO2. The van der Waals surface area contributed by atoms with Gasteiger partial charge in [0.15, 0.2) is 0 Å². The Labute approximate surface area is 117 Å². The van der Waals surface area contributed by atoms with E-state index in [4.69, 9.17) is 10.8 Å². The second-order valence-electron chi connectivity index (χ2n) is 4.06. The van der Waals surface area contributed by atoms with Gasteiger partial charge in [0.05, 0.1) is 0 Å². The van der Waals surface area contributed by atoms with Crippen molar-refractivity contribution in [3.05, 3.63) is 51.6 Å². The summed E-state index contributed by atoms with van der Waals surface area (Å²) in [6, 6.07) is 9.22. The van der Waals surface area contributed by atoms with Crippen molar-refractivity contribution < 1.29 is 14.3 Å². The highest BCUT2D eigenvalue weighted by atomic mass is 127. The Balaban J connectivity index is 2.48. The van der Waals surface area contributed by atoms with Crippen molar-refractivity contribution in [3.63, 3.8) is 0 Å². The summed E-state index contributed by atoms with van der Waals surface area (Å²) in [6.45, 7) is 0. The molecule has 3 nitrogen and oxygen atoms in total. The third kappa shape index (κ3) is 2.32. The van der Waals surface area contributed by atoms with E-state index in [0.717, 1.165) is 5.56 Å². The molecule has 0 aromatic heterocycles. The number of benzene rings is 1. The molecule has 18 heavy (non-hydrogen) atoms. The Kier molecular flexibility index (Phi) is 3.54. The minimum Gasteiger partial charge on any atom is -0.481 e.